The van der Waals surface area contributed by atoms with Crippen molar-refractivity contribution < 1.29 is 9.21 Å². The van der Waals surface area contributed by atoms with Gasteiger partial charge in [-0.25, -0.2) is 9.59 Å². The topological polar surface area (TPSA) is 78.3 Å². The van der Waals surface area contributed by atoms with E-state index in [9.17, 15) is 9.59 Å². The van der Waals surface area contributed by atoms with Gasteiger partial charge in [0.15, 0.2) is 5.58 Å². The average molecular weight is 393 g/mol. The van der Waals surface area contributed by atoms with E-state index in [2.05, 4.69) is 34.6 Å². The van der Waals surface area contributed by atoms with Crippen molar-refractivity contribution in [2.45, 2.75) is 38.0 Å². The van der Waals surface area contributed by atoms with Gasteiger partial charge in [-0.1, -0.05) is 36.4 Å². The fraction of sp³-hybridized carbons (Fsp3) is 0.391. The molecule has 3 aromatic rings. The minimum atomic E-state index is -0.424. The summed E-state index contributed by atoms with van der Waals surface area (Å²) in [6.07, 6.45) is 4.94. The molecule has 1 aromatic heterocycles. The summed E-state index contributed by atoms with van der Waals surface area (Å²) in [5.41, 5.74) is 3.84. The van der Waals surface area contributed by atoms with Crippen LogP contribution in [-0.2, 0) is 6.42 Å². The van der Waals surface area contributed by atoms with Crippen molar-refractivity contribution in [2.75, 3.05) is 19.6 Å². The molecule has 152 valence electrons. The number of carbonyl (C=O) groups excluding carboxylic acids is 1. The molecule has 2 amide bonds. The van der Waals surface area contributed by atoms with Crippen LogP contribution in [-0.4, -0.2) is 35.5 Å². The number of nitrogens with zero attached hydrogens (tertiary/aromatic N) is 1. The summed E-state index contributed by atoms with van der Waals surface area (Å²) in [5.74, 6) is -0.0399. The second kappa shape index (κ2) is 8.99. The van der Waals surface area contributed by atoms with Crippen LogP contribution in [0.3, 0.4) is 0 Å². The molecule has 29 heavy (non-hydrogen) atoms. The van der Waals surface area contributed by atoms with Gasteiger partial charge in [-0.15, -0.1) is 0 Å². The summed E-state index contributed by atoms with van der Waals surface area (Å²) in [6, 6.07) is 16.4. The first kappa shape index (κ1) is 19.3. The maximum atomic E-state index is 12.4. The molecule has 2 aromatic carbocycles. The van der Waals surface area contributed by atoms with Crippen molar-refractivity contribution in [2.24, 2.45) is 0 Å². The monoisotopic (exact) mass is 393 g/mol. The third-order valence-corrected chi connectivity index (χ3v) is 5.71. The highest BCUT2D eigenvalue weighted by Gasteiger charge is 2.24. The van der Waals surface area contributed by atoms with Gasteiger partial charge in [0.25, 0.3) is 0 Å². The number of nitrogens with one attached hydrogen (secondary N) is 2. The number of urea groups is 1. The second-order valence-corrected chi connectivity index (χ2v) is 7.71. The van der Waals surface area contributed by atoms with Crippen molar-refractivity contribution in [1.82, 2.24) is 15.2 Å². The van der Waals surface area contributed by atoms with Gasteiger partial charge < -0.3 is 14.6 Å². The number of amides is 2. The van der Waals surface area contributed by atoms with Gasteiger partial charge in [0.05, 0.1) is 5.52 Å². The molecular weight excluding hydrogens is 366 g/mol. The minimum Gasteiger partial charge on any atom is -0.408 e. The maximum Gasteiger partial charge on any atom is 0.417 e. The molecule has 6 nitrogen and oxygen atoms in total. The first-order valence-electron chi connectivity index (χ1n) is 10.4. The van der Waals surface area contributed by atoms with Crippen LogP contribution < -0.4 is 11.1 Å². The summed E-state index contributed by atoms with van der Waals surface area (Å²) in [4.78, 5) is 28.3. The zero-order chi connectivity index (χ0) is 20.1. The van der Waals surface area contributed by atoms with Crippen LogP contribution in [0, 0.1) is 0 Å². The Labute approximate surface area is 169 Å². The van der Waals surface area contributed by atoms with Crippen LogP contribution in [0.1, 0.15) is 42.7 Å². The normalized spacial score (nSPS) is 15.0. The molecule has 2 N–H and O–H groups in total. The van der Waals surface area contributed by atoms with Gasteiger partial charge in [0.1, 0.15) is 0 Å². The lowest BCUT2D eigenvalue weighted by Crippen LogP contribution is -2.44. The number of aryl methyl sites for hydroxylation is 1. The number of carbonyl (C=O) groups is 1. The molecule has 2 heterocycles. The van der Waals surface area contributed by atoms with E-state index in [1.165, 1.54) is 11.1 Å². The van der Waals surface area contributed by atoms with Gasteiger partial charge in [-0.05, 0) is 61.3 Å². The van der Waals surface area contributed by atoms with Crippen LogP contribution in [0.25, 0.3) is 11.1 Å². The SMILES string of the molecule is O=C(NCCCCc1ccccc1)N1CCC(c2ccc3[nH]c(=O)oc3c2)CC1. The second-order valence-electron chi connectivity index (χ2n) is 7.71. The number of benzene rings is 2. The largest absolute Gasteiger partial charge is 0.417 e. The van der Waals surface area contributed by atoms with Crippen molar-refractivity contribution in [3.05, 3.63) is 70.2 Å². The van der Waals surface area contributed by atoms with Crippen molar-refractivity contribution in [3.8, 4) is 0 Å². The van der Waals surface area contributed by atoms with E-state index in [0.29, 0.717) is 11.5 Å². The van der Waals surface area contributed by atoms with Crippen LogP contribution in [0.2, 0.25) is 0 Å². The number of piperidine rings is 1. The number of aromatic amines is 1. The highest BCUT2D eigenvalue weighted by Crippen LogP contribution is 2.29. The Bertz CT molecular complexity index is 1000. The van der Waals surface area contributed by atoms with Crippen LogP contribution in [0.15, 0.2) is 57.7 Å². The van der Waals surface area contributed by atoms with Crippen molar-refractivity contribution in [1.29, 1.82) is 0 Å². The molecule has 6 heteroatoms. The molecule has 0 unspecified atom stereocenters. The van der Waals surface area contributed by atoms with E-state index in [1.54, 1.807) is 0 Å². The summed E-state index contributed by atoms with van der Waals surface area (Å²) >= 11 is 0. The molecule has 0 radical (unpaired) electrons. The first-order valence-corrected chi connectivity index (χ1v) is 10.4. The van der Waals surface area contributed by atoms with Crippen molar-refractivity contribution in [3.63, 3.8) is 0 Å². The lowest BCUT2D eigenvalue weighted by Gasteiger charge is -2.32. The summed E-state index contributed by atoms with van der Waals surface area (Å²) in [5, 5.41) is 3.05. The lowest BCUT2D eigenvalue weighted by atomic mass is 9.89. The number of hydrogen-bond acceptors (Lipinski definition) is 3. The van der Waals surface area contributed by atoms with Gasteiger partial charge in [-0.3, -0.25) is 4.98 Å². The quantitative estimate of drug-likeness (QED) is 0.621. The van der Waals surface area contributed by atoms with Crippen LogP contribution in [0.4, 0.5) is 4.79 Å². The van der Waals surface area contributed by atoms with Gasteiger partial charge >= 0.3 is 11.8 Å². The fourth-order valence-corrected chi connectivity index (χ4v) is 4.04. The zero-order valence-electron chi connectivity index (χ0n) is 16.5. The Balaban J connectivity index is 1.19. The Morgan fingerprint density at radius 1 is 1.10 bits per heavy atom. The standard InChI is InChI=1S/C23H27N3O3/c27-22(24-13-5-4-8-17-6-2-1-3-7-17)26-14-11-18(12-15-26)19-9-10-20-21(16-19)29-23(28)25-20/h1-3,6-7,9-10,16,18H,4-5,8,11-15H2,(H,24,27)(H,25,28). The molecule has 1 aliphatic rings. The highest BCUT2D eigenvalue weighted by molar-refractivity contribution is 5.74. The van der Waals surface area contributed by atoms with Gasteiger partial charge in [0, 0.05) is 19.6 Å². The number of fused-ring (bicyclic) bond motifs is 1. The number of unbranched alkanes of at least 4 members (excludes halogenated alkanes) is 1. The Morgan fingerprint density at radius 2 is 1.90 bits per heavy atom. The maximum absolute atomic E-state index is 12.4. The van der Waals surface area contributed by atoms with Crippen LogP contribution in [0.5, 0.6) is 0 Å². The molecule has 0 spiro atoms. The fourth-order valence-electron chi connectivity index (χ4n) is 4.04. The lowest BCUT2D eigenvalue weighted by molar-refractivity contribution is 0.181. The number of hydrogen-bond donors (Lipinski definition) is 2. The van der Waals surface area contributed by atoms with E-state index in [4.69, 9.17) is 4.42 Å². The highest BCUT2D eigenvalue weighted by atomic mass is 16.4. The molecule has 0 aliphatic carbocycles. The molecule has 0 saturated carbocycles. The van der Waals surface area contributed by atoms with E-state index in [1.807, 2.05) is 29.2 Å². The van der Waals surface area contributed by atoms with Crippen molar-refractivity contribution >= 4 is 17.1 Å². The molecule has 1 saturated heterocycles. The van der Waals surface area contributed by atoms with E-state index in [0.717, 1.165) is 57.3 Å². The summed E-state index contributed by atoms with van der Waals surface area (Å²) in [7, 11) is 0. The number of aromatic nitrogens is 1. The van der Waals surface area contributed by atoms with Gasteiger partial charge in [-0.2, -0.15) is 0 Å². The van der Waals surface area contributed by atoms with Crippen LogP contribution >= 0.6 is 0 Å². The predicted molar refractivity (Wildman–Crippen MR) is 113 cm³/mol. The van der Waals surface area contributed by atoms with E-state index in [-0.39, 0.29) is 6.03 Å². The Morgan fingerprint density at radius 3 is 2.69 bits per heavy atom. The molecule has 1 fully saturated rings. The number of likely N-dealkylation sites (tertiary alicyclic amines) is 1. The smallest absolute Gasteiger partial charge is 0.408 e. The number of H-pyrrole nitrogens is 1. The summed E-state index contributed by atoms with van der Waals surface area (Å²) in [6.45, 7) is 2.21. The Hall–Kier alpha value is -3.02. The minimum absolute atomic E-state index is 0.0373. The number of oxazole rings is 1. The van der Waals surface area contributed by atoms with Gasteiger partial charge in [0.2, 0.25) is 0 Å². The third kappa shape index (κ3) is 4.88. The average Bonchev–Trinajstić information content (AvgIpc) is 3.13. The zero-order valence-corrected chi connectivity index (χ0v) is 16.5. The first-order chi connectivity index (χ1) is 14.2. The summed E-state index contributed by atoms with van der Waals surface area (Å²) < 4.78 is 5.17. The van der Waals surface area contributed by atoms with E-state index >= 15 is 0 Å². The molecular formula is C23H27N3O3. The third-order valence-electron chi connectivity index (χ3n) is 5.71. The Kier molecular flexibility index (Phi) is 5.98. The van der Waals surface area contributed by atoms with E-state index < -0.39 is 5.76 Å². The number of rotatable bonds is 6. The predicted octanol–water partition coefficient (Wildman–Crippen LogP) is 4.03. The molecule has 4 rings (SSSR count). The molecule has 0 atom stereocenters. The molecule has 0 bridgehead atoms. The molecule has 1 aliphatic heterocycles.